The minimum Gasteiger partial charge on any atom is -0.493 e. The van der Waals surface area contributed by atoms with Crippen LogP contribution in [0.1, 0.15) is 28.4 Å². The first-order valence-electron chi connectivity index (χ1n) is 8.98. The lowest BCUT2D eigenvalue weighted by atomic mass is 9.99. The van der Waals surface area contributed by atoms with Gasteiger partial charge < -0.3 is 19.7 Å². The third-order valence-electron chi connectivity index (χ3n) is 4.88. The molecule has 0 radical (unpaired) electrons. The molecule has 1 atom stereocenters. The normalized spacial score (nSPS) is 15.6. The molecule has 0 fully saturated rings. The predicted octanol–water partition coefficient (Wildman–Crippen LogP) is 1.49. The van der Waals surface area contributed by atoms with E-state index in [0.717, 1.165) is 25.3 Å². The minimum atomic E-state index is -0.0375. The van der Waals surface area contributed by atoms with Gasteiger partial charge in [-0.2, -0.15) is 0 Å². The van der Waals surface area contributed by atoms with Crippen molar-refractivity contribution in [2.45, 2.75) is 19.9 Å². The number of hydrogen-bond donors (Lipinski definition) is 2. The summed E-state index contributed by atoms with van der Waals surface area (Å²) in [6, 6.07) is 11.0. The van der Waals surface area contributed by atoms with Crippen LogP contribution in [0.15, 0.2) is 36.4 Å². The summed E-state index contributed by atoms with van der Waals surface area (Å²) < 4.78 is 10.8. The lowest BCUT2D eigenvalue weighted by Crippen LogP contribution is -3.12. The van der Waals surface area contributed by atoms with Gasteiger partial charge in [-0.25, -0.2) is 0 Å². The number of ether oxygens (including phenoxy) is 2. The molecule has 1 aliphatic rings. The maximum Gasteiger partial charge on any atom is 0.279 e. The highest BCUT2D eigenvalue weighted by Gasteiger charge is 2.24. The number of benzene rings is 2. The number of quaternary nitrogens is 1. The molecule has 6 heteroatoms. The number of anilines is 1. The van der Waals surface area contributed by atoms with Gasteiger partial charge in [0.15, 0.2) is 23.8 Å². The van der Waals surface area contributed by atoms with Crippen LogP contribution in [0.5, 0.6) is 11.5 Å². The Balaban J connectivity index is 1.62. The number of fused-ring (bicyclic) bond motifs is 1. The highest BCUT2D eigenvalue weighted by Crippen LogP contribution is 2.31. The summed E-state index contributed by atoms with van der Waals surface area (Å²) in [5, 5.41) is 2.90. The lowest BCUT2D eigenvalue weighted by molar-refractivity contribution is -0.907. The molecular formula is C21H25N2O4+. The van der Waals surface area contributed by atoms with Crippen LogP contribution in [0.3, 0.4) is 0 Å². The quantitative estimate of drug-likeness (QED) is 0.757. The third-order valence-corrected chi connectivity index (χ3v) is 4.88. The standard InChI is InChI=1S/C21H24N2O4/c1-14(24)15-4-6-18(7-5-15)22-21(25)13-23-9-8-16-10-19(26-2)20(27-3)11-17(16)12-23/h4-7,10-11H,8-9,12-13H2,1-3H3,(H,22,25)/p+1. The van der Waals surface area contributed by atoms with Gasteiger partial charge in [-0.15, -0.1) is 0 Å². The van der Waals surface area contributed by atoms with E-state index >= 15 is 0 Å². The average Bonchev–Trinajstić information content (AvgIpc) is 2.67. The molecule has 0 saturated heterocycles. The summed E-state index contributed by atoms with van der Waals surface area (Å²) in [5.41, 5.74) is 3.77. The molecule has 0 spiro atoms. The van der Waals surface area contributed by atoms with Gasteiger partial charge in [0.25, 0.3) is 5.91 Å². The maximum atomic E-state index is 12.4. The monoisotopic (exact) mass is 369 g/mol. The van der Waals surface area contributed by atoms with Crippen LogP contribution in [-0.4, -0.2) is 39.0 Å². The fourth-order valence-corrected chi connectivity index (χ4v) is 3.40. The van der Waals surface area contributed by atoms with Gasteiger partial charge in [-0.3, -0.25) is 9.59 Å². The summed E-state index contributed by atoms with van der Waals surface area (Å²) in [4.78, 5) is 24.9. The lowest BCUT2D eigenvalue weighted by Gasteiger charge is -2.26. The van der Waals surface area contributed by atoms with E-state index in [9.17, 15) is 9.59 Å². The molecule has 2 aromatic carbocycles. The number of hydrogen-bond acceptors (Lipinski definition) is 4. The van der Waals surface area contributed by atoms with Gasteiger partial charge in [0, 0.05) is 23.2 Å². The SMILES string of the molecule is COc1cc2c(cc1OC)C[NH+](CC(=O)Nc1ccc(C(C)=O)cc1)CC2. The van der Waals surface area contributed by atoms with Crippen molar-refractivity contribution in [3.63, 3.8) is 0 Å². The second kappa shape index (κ2) is 8.22. The second-order valence-electron chi connectivity index (χ2n) is 6.76. The number of ketones is 1. The number of nitrogens with one attached hydrogen (secondary N) is 2. The van der Waals surface area contributed by atoms with Crippen LogP contribution in [0.4, 0.5) is 5.69 Å². The molecule has 142 valence electrons. The minimum absolute atomic E-state index is 0.0105. The van der Waals surface area contributed by atoms with E-state index in [1.54, 1.807) is 38.5 Å². The zero-order valence-electron chi connectivity index (χ0n) is 15.9. The van der Waals surface area contributed by atoms with Crippen molar-refractivity contribution >= 4 is 17.4 Å². The van der Waals surface area contributed by atoms with Crippen molar-refractivity contribution < 1.29 is 24.0 Å². The molecule has 1 aliphatic heterocycles. The molecule has 0 aromatic heterocycles. The predicted molar refractivity (Wildman–Crippen MR) is 103 cm³/mol. The van der Waals surface area contributed by atoms with Crippen LogP contribution >= 0.6 is 0 Å². The van der Waals surface area contributed by atoms with E-state index in [2.05, 4.69) is 5.32 Å². The first-order valence-corrected chi connectivity index (χ1v) is 8.98. The van der Waals surface area contributed by atoms with Crippen LogP contribution in [-0.2, 0) is 17.8 Å². The van der Waals surface area contributed by atoms with Crippen molar-refractivity contribution in [3.8, 4) is 11.5 Å². The van der Waals surface area contributed by atoms with Crippen molar-refractivity contribution in [2.24, 2.45) is 0 Å². The fourth-order valence-electron chi connectivity index (χ4n) is 3.40. The maximum absolute atomic E-state index is 12.4. The Morgan fingerprint density at radius 3 is 2.26 bits per heavy atom. The molecule has 1 unspecified atom stereocenters. The number of rotatable bonds is 6. The molecule has 2 aromatic rings. The molecule has 27 heavy (non-hydrogen) atoms. The number of Topliss-reactive ketones (excluding diaryl/α,β-unsaturated/α-hetero) is 1. The van der Waals surface area contributed by atoms with Gasteiger partial charge in [0.1, 0.15) is 6.54 Å². The van der Waals surface area contributed by atoms with Crippen LogP contribution in [0.25, 0.3) is 0 Å². The zero-order valence-corrected chi connectivity index (χ0v) is 15.9. The van der Waals surface area contributed by atoms with E-state index in [-0.39, 0.29) is 11.7 Å². The summed E-state index contributed by atoms with van der Waals surface area (Å²) in [7, 11) is 3.26. The molecular weight excluding hydrogens is 344 g/mol. The molecule has 1 amide bonds. The van der Waals surface area contributed by atoms with E-state index in [0.29, 0.717) is 23.5 Å². The Bertz CT molecular complexity index is 846. The van der Waals surface area contributed by atoms with Crippen molar-refractivity contribution in [1.82, 2.24) is 0 Å². The number of carbonyl (C=O) groups is 2. The van der Waals surface area contributed by atoms with E-state index < -0.39 is 0 Å². The van der Waals surface area contributed by atoms with Crippen molar-refractivity contribution in [1.29, 1.82) is 0 Å². The molecule has 1 heterocycles. The van der Waals surface area contributed by atoms with Crippen molar-refractivity contribution in [2.75, 3.05) is 32.6 Å². The summed E-state index contributed by atoms with van der Waals surface area (Å²) >= 11 is 0. The zero-order chi connectivity index (χ0) is 19.4. The Morgan fingerprint density at radius 2 is 1.67 bits per heavy atom. The summed E-state index contributed by atoms with van der Waals surface area (Å²) in [6.45, 7) is 3.57. The van der Waals surface area contributed by atoms with Gasteiger partial charge in [-0.1, -0.05) is 0 Å². The summed E-state index contributed by atoms with van der Waals surface area (Å²) in [5.74, 6) is 1.43. The first kappa shape index (κ1) is 18.9. The molecule has 3 rings (SSSR count). The molecule has 6 nitrogen and oxygen atoms in total. The van der Waals surface area contributed by atoms with Gasteiger partial charge in [0.05, 0.1) is 20.8 Å². The van der Waals surface area contributed by atoms with Crippen LogP contribution < -0.4 is 19.7 Å². The number of carbonyl (C=O) groups excluding carboxylic acids is 2. The smallest absolute Gasteiger partial charge is 0.279 e. The molecule has 0 bridgehead atoms. The fraction of sp³-hybridized carbons (Fsp3) is 0.333. The summed E-state index contributed by atoms with van der Waals surface area (Å²) in [6.07, 6.45) is 0.894. The van der Waals surface area contributed by atoms with Gasteiger partial charge in [-0.05, 0) is 48.9 Å². The Kier molecular flexibility index (Phi) is 5.76. The Morgan fingerprint density at radius 1 is 1.04 bits per heavy atom. The molecule has 0 aliphatic carbocycles. The second-order valence-corrected chi connectivity index (χ2v) is 6.76. The number of amides is 1. The number of methoxy groups -OCH3 is 2. The van der Waals surface area contributed by atoms with Crippen LogP contribution in [0.2, 0.25) is 0 Å². The van der Waals surface area contributed by atoms with E-state index in [4.69, 9.17) is 9.47 Å². The Hall–Kier alpha value is -2.86. The van der Waals surface area contributed by atoms with Crippen molar-refractivity contribution in [3.05, 3.63) is 53.1 Å². The van der Waals surface area contributed by atoms with E-state index in [1.165, 1.54) is 23.0 Å². The van der Waals surface area contributed by atoms with Crippen LogP contribution in [0, 0.1) is 0 Å². The third kappa shape index (κ3) is 4.46. The highest BCUT2D eigenvalue weighted by molar-refractivity contribution is 5.95. The molecule has 0 saturated carbocycles. The largest absolute Gasteiger partial charge is 0.493 e. The Labute approximate surface area is 159 Å². The average molecular weight is 369 g/mol. The molecule has 2 N–H and O–H groups in total. The first-order chi connectivity index (χ1) is 13.0. The topological polar surface area (TPSA) is 69.1 Å². The van der Waals surface area contributed by atoms with E-state index in [1.807, 2.05) is 12.1 Å². The van der Waals surface area contributed by atoms with Gasteiger partial charge in [0.2, 0.25) is 0 Å². The highest BCUT2D eigenvalue weighted by atomic mass is 16.5. The van der Waals surface area contributed by atoms with Gasteiger partial charge >= 0.3 is 0 Å².